The Bertz CT molecular complexity index is 553. The van der Waals surface area contributed by atoms with Crippen molar-refractivity contribution in [2.24, 2.45) is 5.73 Å². The van der Waals surface area contributed by atoms with Crippen molar-refractivity contribution in [1.82, 2.24) is 10.9 Å². The number of hydrazine groups is 1. The number of amides is 3. The zero-order valence-corrected chi connectivity index (χ0v) is 9.74. The molecule has 1 aromatic rings. The first-order valence-electron chi connectivity index (χ1n) is 4.46. The SMILES string of the molecule is CS(=O)(=O)c1cccc(C(=O)NNC(N)=O)c1. The van der Waals surface area contributed by atoms with E-state index in [4.69, 9.17) is 5.73 Å². The highest BCUT2D eigenvalue weighted by Crippen LogP contribution is 2.10. The monoisotopic (exact) mass is 257 g/mol. The van der Waals surface area contributed by atoms with Crippen LogP contribution in [0.2, 0.25) is 0 Å². The first kappa shape index (κ1) is 13.0. The second-order valence-corrected chi connectivity index (χ2v) is 5.26. The van der Waals surface area contributed by atoms with Gasteiger partial charge >= 0.3 is 6.03 Å². The van der Waals surface area contributed by atoms with E-state index in [1.807, 2.05) is 10.9 Å². The van der Waals surface area contributed by atoms with Gasteiger partial charge in [0.2, 0.25) is 0 Å². The number of hydrogen-bond acceptors (Lipinski definition) is 4. The highest BCUT2D eigenvalue weighted by molar-refractivity contribution is 7.90. The van der Waals surface area contributed by atoms with Crippen molar-refractivity contribution in [2.45, 2.75) is 4.90 Å². The standard InChI is InChI=1S/C9H11N3O4S/c1-17(15,16)7-4-2-3-6(5-7)8(13)11-12-9(10)14/h2-5H,1H3,(H,11,13)(H3,10,12,14). The Kier molecular flexibility index (Phi) is 3.69. The van der Waals surface area contributed by atoms with E-state index in [0.29, 0.717) is 0 Å². The van der Waals surface area contributed by atoms with Crippen molar-refractivity contribution in [3.63, 3.8) is 0 Å². The molecule has 0 saturated heterocycles. The fraction of sp³-hybridized carbons (Fsp3) is 0.111. The third kappa shape index (κ3) is 3.76. The van der Waals surface area contributed by atoms with E-state index in [-0.39, 0.29) is 10.5 Å². The molecule has 0 aliphatic heterocycles. The Hall–Kier alpha value is -2.09. The van der Waals surface area contributed by atoms with E-state index in [2.05, 4.69) is 0 Å². The fourth-order valence-corrected chi connectivity index (χ4v) is 1.73. The topological polar surface area (TPSA) is 118 Å². The lowest BCUT2D eigenvalue weighted by molar-refractivity contribution is 0.0937. The van der Waals surface area contributed by atoms with Crippen molar-refractivity contribution in [2.75, 3.05) is 6.26 Å². The van der Waals surface area contributed by atoms with Crippen molar-refractivity contribution < 1.29 is 18.0 Å². The van der Waals surface area contributed by atoms with Crippen LogP contribution in [0.5, 0.6) is 0 Å². The molecule has 92 valence electrons. The van der Waals surface area contributed by atoms with Crippen LogP contribution in [0.1, 0.15) is 10.4 Å². The summed E-state index contributed by atoms with van der Waals surface area (Å²) in [6.45, 7) is 0. The normalized spacial score (nSPS) is 10.6. The van der Waals surface area contributed by atoms with Crippen LogP contribution < -0.4 is 16.6 Å². The minimum absolute atomic E-state index is 0.0178. The average Bonchev–Trinajstić information content (AvgIpc) is 2.25. The van der Waals surface area contributed by atoms with Crippen LogP contribution >= 0.6 is 0 Å². The Morgan fingerprint density at radius 3 is 2.41 bits per heavy atom. The van der Waals surface area contributed by atoms with Crippen LogP contribution in [-0.2, 0) is 9.84 Å². The smallest absolute Gasteiger partial charge is 0.330 e. The Morgan fingerprint density at radius 1 is 1.24 bits per heavy atom. The summed E-state index contributed by atoms with van der Waals surface area (Å²) >= 11 is 0. The molecule has 0 bridgehead atoms. The summed E-state index contributed by atoms with van der Waals surface area (Å²) in [5.74, 6) is -0.658. The Morgan fingerprint density at radius 2 is 1.88 bits per heavy atom. The minimum Gasteiger partial charge on any atom is -0.350 e. The van der Waals surface area contributed by atoms with Gasteiger partial charge in [-0.05, 0) is 18.2 Å². The molecule has 0 fully saturated rings. The summed E-state index contributed by atoms with van der Waals surface area (Å²) in [5.41, 5.74) is 8.77. The second kappa shape index (κ2) is 4.83. The number of sulfone groups is 1. The lowest BCUT2D eigenvalue weighted by Gasteiger charge is -2.05. The Balaban J connectivity index is 2.93. The molecule has 0 heterocycles. The molecule has 0 aliphatic carbocycles. The first-order chi connectivity index (χ1) is 7.80. The minimum atomic E-state index is -3.38. The Labute approximate surface area is 97.9 Å². The van der Waals surface area contributed by atoms with Gasteiger partial charge in [-0.3, -0.25) is 10.2 Å². The van der Waals surface area contributed by atoms with Crippen LogP contribution in [0.3, 0.4) is 0 Å². The molecular weight excluding hydrogens is 246 g/mol. The predicted octanol–water partition coefficient (Wildman–Crippen LogP) is -0.597. The molecule has 0 aliphatic rings. The zero-order chi connectivity index (χ0) is 13.1. The first-order valence-corrected chi connectivity index (χ1v) is 6.36. The molecule has 0 unspecified atom stereocenters. The summed E-state index contributed by atoms with van der Waals surface area (Å²) in [4.78, 5) is 21.8. The van der Waals surface area contributed by atoms with Crippen LogP contribution in [0.25, 0.3) is 0 Å². The van der Waals surface area contributed by atoms with Gasteiger partial charge in [0.1, 0.15) is 0 Å². The van der Waals surface area contributed by atoms with Gasteiger partial charge in [0.05, 0.1) is 4.90 Å². The van der Waals surface area contributed by atoms with E-state index >= 15 is 0 Å². The van der Waals surface area contributed by atoms with Crippen molar-refractivity contribution in [1.29, 1.82) is 0 Å². The summed E-state index contributed by atoms with van der Waals surface area (Å²) in [5, 5.41) is 0. The third-order valence-electron chi connectivity index (χ3n) is 1.82. The molecule has 17 heavy (non-hydrogen) atoms. The fourth-order valence-electron chi connectivity index (χ4n) is 1.06. The molecule has 1 rings (SSSR count). The van der Waals surface area contributed by atoms with Gasteiger partial charge in [-0.2, -0.15) is 0 Å². The molecule has 0 atom stereocenters. The number of benzene rings is 1. The molecule has 3 amide bonds. The molecule has 1 aromatic carbocycles. The van der Waals surface area contributed by atoms with Crippen LogP contribution in [-0.4, -0.2) is 26.6 Å². The molecule has 8 heteroatoms. The average molecular weight is 257 g/mol. The summed E-state index contributed by atoms with van der Waals surface area (Å²) in [6, 6.07) is 4.49. The van der Waals surface area contributed by atoms with Gasteiger partial charge in [-0.1, -0.05) is 6.07 Å². The number of rotatable bonds is 2. The summed E-state index contributed by atoms with van der Waals surface area (Å²) in [7, 11) is -3.38. The second-order valence-electron chi connectivity index (χ2n) is 3.24. The van der Waals surface area contributed by atoms with Gasteiger partial charge in [0.25, 0.3) is 5.91 Å². The number of carbonyl (C=O) groups is 2. The van der Waals surface area contributed by atoms with Crippen molar-refractivity contribution in [3.8, 4) is 0 Å². The molecule has 0 spiro atoms. The van der Waals surface area contributed by atoms with Gasteiger partial charge in [0, 0.05) is 11.8 Å². The quantitative estimate of drug-likeness (QED) is 0.613. The highest BCUT2D eigenvalue weighted by Gasteiger charge is 2.11. The van der Waals surface area contributed by atoms with E-state index in [1.165, 1.54) is 24.3 Å². The van der Waals surface area contributed by atoms with Gasteiger partial charge < -0.3 is 5.73 Å². The van der Waals surface area contributed by atoms with Gasteiger partial charge in [-0.15, -0.1) is 0 Å². The number of nitrogens with two attached hydrogens (primary N) is 1. The van der Waals surface area contributed by atoms with Crippen LogP contribution in [0, 0.1) is 0 Å². The van der Waals surface area contributed by atoms with Gasteiger partial charge in [-0.25, -0.2) is 18.6 Å². The molecule has 0 radical (unpaired) electrons. The number of nitrogens with one attached hydrogen (secondary N) is 2. The molecule has 4 N–H and O–H groups in total. The number of carbonyl (C=O) groups excluding carboxylic acids is 2. The molecule has 0 saturated carbocycles. The van der Waals surface area contributed by atoms with Crippen molar-refractivity contribution >= 4 is 21.8 Å². The number of primary amides is 1. The van der Waals surface area contributed by atoms with Crippen LogP contribution in [0.4, 0.5) is 4.79 Å². The van der Waals surface area contributed by atoms with E-state index < -0.39 is 21.8 Å². The van der Waals surface area contributed by atoms with Crippen LogP contribution in [0.15, 0.2) is 29.2 Å². The van der Waals surface area contributed by atoms with Gasteiger partial charge in [0.15, 0.2) is 9.84 Å². The summed E-state index contributed by atoms with van der Waals surface area (Å²) in [6.07, 6.45) is 1.03. The largest absolute Gasteiger partial charge is 0.350 e. The highest BCUT2D eigenvalue weighted by atomic mass is 32.2. The molecule has 7 nitrogen and oxygen atoms in total. The third-order valence-corrected chi connectivity index (χ3v) is 2.93. The molecular formula is C9H11N3O4S. The van der Waals surface area contributed by atoms with E-state index in [1.54, 1.807) is 0 Å². The van der Waals surface area contributed by atoms with Crippen molar-refractivity contribution in [3.05, 3.63) is 29.8 Å². The molecule has 0 aromatic heterocycles. The predicted molar refractivity (Wildman–Crippen MR) is 59.7 cm³/mol. The maximum Gasteiger partial charge on any atom is 0.330 e. The number of urea groups is 1. The lowest BCUT2D eigenvalue weighted by atomic mass is 10.2. The zero-order valence-electron chi connectivity index (χ0n) is 8.93. The van der Waals surface area contributed by atoms with E-state index in [9.17, 15) is 18.0 Å². The maximum atomic E-state index is 11.5. The number of hydrogen-bond donors (Lipinski definition) is 3. The van der Waals surface area contributed by atoms with E-state index in [0.717, 1.165) is 6.26 Å². The lowest BCUT2D eigenvalue weighted by Crippen LogP contribution is -2.44. The maximum absolute atomic E-state index is 11.5. The summed E-state index contributed by atoms with van der Waals surface area (Å²) < 4.78 is 22.5.